The molecule has 1 amide bonds. The Kier molecular flexibility index (Phi) is 5.15. The third kappa shape index (κ3) is 3.81. The van der Waals surface area contributed by atoms with Crippen LogP contribution in [0.3, 0.4) is 0 Å². The number of halogens is 2. The fraction of sp³-hybridized carbons (Fsp3) is 0.667. The van der Waals surface area contributed by atoms with E-state index in [1.807, 2.05) is 0 Å². The number of allylic oxidation sites excluding steroid dienone is 2. The lowest BCUT2D eigenvalue weighted by Crippen LogP contribution is -2.36. The van der Waals surface area contributed by atoms with Gasteiger partial charge in [0.15, 0.2) is 0 Å². The second-order valence-electron chi connectivity index (χ2n) is 5.42. The van der Waals surface area contributed by atoms with Gasteiger partial charge in [-0.25, -0.2) is 13.6 Å². The van der Waals surface area contributed by atoms with Crippen molar-refractivity contribution in [3.63, 3.8) is 0 Å². The van der Waals surface area contributed by atoms with E-state index in [0.717, 1.165) is 31.8 Å². The van der Waals surface area contributed by atoms with Gasteiger partial charge < -0.3 is 4.74 Å². The average molecular weight is 285 g/mol. The molecule has 0 aromatic heterocycles. The van der Waals surface area contributed by atoms with Gasteiger partial charge in [-0.2, -0.15) is 0 Å². The predicted molar refractivity (Wildman–Crippen MR) is 72.5 cm³/mol. The predicted octanol–water partition coefficient (Wildman–Crippen LogP) is 4.26. The number of nitrogens with zero attached hydrogens (tertiary/aromatic N) is 1. The monoisotopic (exact) mass is 285 g/mol. The molecule has 0 N–H and O–H groups in total. The summed E-state index contributed by atoms with van der Waals surface area (Å²) >= 11 is 0. The Morgan fingerprint density at radius 1 is 1.35 bits per heavy atom. The lowest BCUT2D eigenvalue weighted by atomic mass is 10.0. The summed E-state index contributed by atoms with van der Waals surface area (Å²) in [6, 6.07) is -0.562. The third-order valence-electron chi connectivity index (χ3n) is 3.73. The summed E-state index contributed by atoms with van der Waals surface area (Å²) in [6.07, 6.45) is 6.86. The fourth-order valence-corrected chi connectivity index (χ4v) is 2.66. The molecule has 2 rings (SSSR count). The molecule has 1 heterocycles. The first-order chi connectivity index (χ1) is 9.60. The van der Waals surface area contributed by atoms with Gasteiger partial charge in [-0.1, -0.05) is 26.2 Å². The van der Waals surface area contributed by atoms with Crippen LogP contribution in [0.2, 0.25) is 0 Å². The molecule has 0 saturated carbocycles. The second-order valence-corrected chi connectivity index (χ2v) is 5.42. The smallest absolute Gasteiger partial charge is 0.410 e. The molecule has 1 fully saturated rings. The van der Waals surface area contributed by atoms with Gasteiger partial charge in [-0.3, -0.25) is 4.90 Å². The lowest BCUT2D eigenvalue weighted by Gasteiger charge is -2.24. The first-order valence-electron chi connectivity index (χ1n) is 7.30. The quantitative estimate of drug-likeness (QED) is 0.682. The molecule has 0 aromatic rings. The summed E-state index contributed by atoms with van der Waals surface area (Å²) < 4.78 is 31.7. The maximum Gasteiger partial charge on any atom is 0.410 e. The highest BCUT2D eigenvalue weighted by atomic mass is 19.1. The Morgan fingerprint density at radius 3 is 2.85 bits per heavy atom. The van der Waals surface area contributed by atoms with E-state index in [1.54, 1.807) is 0 Å². The standard InChI is InChI=1S/C15H21F2NO2/c1-2-3-4-5-6-14-10-18(15(19)20-14)13-8-11(16)7-12(17)9-13/h7-8,13-14H,2-6,9-10H2,1H3. The number of hydrogen-bond acceptors (Lipinski definition) is 2. The lowest BCUT2D eigenvalue weighted by molar-refractivity contribution is 0.125. The minimum absolute atomic E-state index is 0.0328. The molecule has 2 aliphatic rings. The molecule has 0 aromatic carbocycles. The number of carbonyl (C=O) groups is 1. The van der Waals surface area contributed by atoms with Gasteiger partial charge in [-0.15, -0.1) is 0 Å². The summed E-state index contributed by atoms with van der Waals surface area (Å²) in [5.41, 5.74) is 0. The maximum atomic E-state index is 13.3. The zero-order valence-electron chi connectivity index (χ0n) is 11.8. The van der Waals surface area contributed by atoms with Crippen LogP contribution in [0, 0.1) is 0 Å². The highest BCUT2D eigenvalue weighted by Crippen LogP contribution is 2.27. The molecule has 1 aliphatic carbocycles. The molecule has 112 valence electrons. The zero-order valence-corrected chi connectivity index (χ0v) is 11.8. The molecular weight excluding hydrogens is 264 g/mol. The van der Waals surface area contributed by atoms with Crippen LogP contribution in [0.1, 0.15) is 45.4 Å². The number of rotatable bonds is 6. The molecule has 20 heavy (non-hydrogen) atoms. The van der Waals surface area contributed by atoms with Crippen molar-refractivity contribution in [3.05, 3.63) is 23.8 Å². The topological polar surface area (TPSA) is 29.5 Å². The van der Waals surface area contributed by atoms with E-state index < -0.39 is 23.8 Å². The largest absolute Gasteiger partial charge is 0.444 e. The summed E-state index contributed by atoms with van der Waals surface area (Å²) in [7, 11) is 0. The van der Waals surface area contributed by atoms with E-state index in [4.69, 9.17) is 4.74 Å². The van der Waals surface area contributed by atoms with E-state index in [2.05, 4.69) is 6.92 Å². The second kappa shape index (κ2) is 6.86. The van der Waals surface area contributed by atoms with Crippen LogP contribution >= 0.6 is 0 Å². The molecule has 2 atom stereocenters. The van der Waals surface area contributed by atoms with E-state index in [1.165, 1.54) is 17.4 Å². The number of cyclic esters (lactones) is 1. The van der Waals surface area contributed by atoms with Gasteiger partial charge in [0.2, 0.25) is 0 Å². The Morgan fingerprint density at radius 2 is 2.15 bits per heavy atom. The normalized spacial score (nSPS) is 26.4. The molecule has 2 unspecified atom stereocenters. The Hall–Kier alpha value is -1.39. The van der Waals surface area contributed by atoms with Gasteiger partial charge in [-0.05, 0) is 18.9 Å². The van der Waals surface area contributed by atoms with Gasteiger partial charge >= 0.3 is 6.09 Å². The van der Waals surface area contributed by atoms with E-state index >= 15 is 0 Å². The number of carbonyl (C=O) groups excluding carboxylic acids is 1. The van der Waals surface area contributed by atoms with E-state index in [-0.39, 0.29) is 12.5 Å². The van der Waals surface area contributed by atoms with Crippen LogP contribution in [0.4, 0.5) is 13.6 Å². The molecule has 1 saturated heterocycles. The summed E-state index contributed by atoms with van der Waals surface area (Å²) in [5, 5.41) is 0. The first kappa shape index (κ1) is 15.0. The summed E-state index contributed by atoms with van der Waals surface area (Å²) in [5.74, 6) is -1.16. The molecular formula is C15H21F2NO2. The molecule has 0 spiro atoms. The molecule has 0 radical (unpaired) electrons. The Balaban J connectivity index is 1.85. The van der Waals surface area contributed by atoms with E-state index in [9.17, 15) is 13.6 Å². The maximum absolute atomic E-state index is 13.3. The third-order valence-corrected chi connectivity index (χ3v) is 3.73. The Bertz CT molecular complexity index is 420. The van der Waals surface area contributed by atoms with Crippen molar-refractivity contribution in [2.24, 2.45) is 0 Å². The van der Waals surface area contributed by atoms with Crippen LogP contribution in [0.5, 0.6) is 0 Å². The van der Waals surface area contributed by atoms with Crippen molar-refractivity contribution < 1.29 is 18.3 Å². The minimum atomic E-state index is -0.627. The van der Waals surface area contributed by atoms with Crippen molar-refractivity contribution in [2.45, 2.75) is 57.6 Å². The van der Waals surface area contributed by atoms with Crippen LogP contribution in [0.15, 0.2) is 23.8 Å². The SMILES string of the molecule is CCCCCCC1CN(C2C=C(F)C=C(F)C2)C(=O)O1. The fourth-order valence-electron chi connectivity index (χ4n) is 2.66. The number of unbranched alkanes of at least 4 members (excludes halogenated alkanes) is 3. The first-order valence-corrected chi connectivity index (χ1v) is 7.30. The summed E-state index contributed by atoms with van der Waals surface area (Å²) in [6.45, 7) is 2.57. The number of amides is 1. The van der Waals surface area contributed by atoms with Crippen molar-refractivity contribution >= 4 is 6.09 Å². The number of ether oxygens (including phenoxy) is 1. The van der Waals surface area contributed by atoms with Crippen LogP contribution in [-0.2, 0) is 4.74 Å². The highest BCUT2D eigenvalue weighted by molar-refractivity contribution is 5.70. The highest BCUT2D eigenvalue weighted by Gasteiger charge is 2.36. The van der Waals surface area contributed by atoms with Gasteiger partial charge in [0.25, 0.3) is 0 Å². The van der Waals surface area contributed by atoms with Gasteiger partial charge in [0.05, 0.1) is 12.6 Å². The number of hydrogen-bond donors (Lipinski definition) is 0. The van der Waals surface area contributed by atoms with Crippen molar-refractivity contribution in [1.82, 2.24) is 4.90 Å². The van der Waals surface area contributed by atoms with Crippen molar-refractivity contribution in [1.29, 1.82) is 0 Å². The molecule has 0 bridgehead atoms. The van der Waals surface area contributed by atoms with Crippen LogP contribution in [0.25, 0.3) is 0 Å². The van der Waals surface area contributed by atoms with Gasteiger partial charge in [0, 0.05) is 12.5 Å². The van der Waals surface area contributed by atoms with E-state index in [0.29, 0.717) is 6.54 Å². The zero-order chi connectivity index (χ0) is 14.5. The minimum Gasteiger partial charge on any atom is -0.444 e. The van der Waals surface area contributed by atoms with Crippen LogP contribution in [-0.4, -0.2) is 29.7 Å². The summed E-state index contributed by atoms with van der Waals surface area (Å²) in [4.78, 5) is 13.2. The molecule has 5 heteroatoms. The molecule has 3 nitrogen and oxygen atoms in total. The van der Waals surface area contributed by atoms with Crippen molar-refractivity contribution in [3.8, 4) is 0 Å². The van der Waals surface area contributed by atoms with Crippen LogP contribution < -0.4 is 0 Å². The Labute approximate surface area is 118 Å². The molecule has 1 aliphatic heterocycles. The average Bonchev–Trinajstić information content (AvgIpc) is 2.75. The van der Waals surface area contributed by atoms with Crippen molar-refractivity contribution in [2.75, 3.05) is 6.54 Å². The van der Waals surface area contributed by atoms with Gasteiger partial charge in [0.1, 0.15) is 17.8 Å².